The SMILES string of the molecule is O=C(O)c1ccc(OCc2cccc(F)c2Cl)cn1. The van der Waals surface area contributed by atoms with Gasteiger partial charge in [-0.05, 0) is 18.2 Å². The summed E-state index contributed by atoms with van der Waals surface area (Å²) in [6.07, 6.45) is 1.29. The van der Waals surface area contributed by atoms with Gasteiger partial charge in [0, 0.05) is 5.56 Å². The van der Waals surface area contributed by atoms with Crippen LogP contribution in [0.4, 0.5) is 4.39 Å². The van der Waals surface area contributed by atoms with Gasteiger partial charge in [-0.1, -0.05) is 23.7 Å². The molecule has 98 valence electrons. The van der Waals surface area contributed by atoms with Crippen molar-refractivity contribution in [1.82, 2.24) is 4.98 Å². The maximum atomic E-state index is 13.2. The Morgan fingerprint density at radius 3 is 2.79 bits per heavy atom. The van der Waals surface area contributed by atoms with Gasteiger partial charge in [-0.25, -0.2) is 14.2 Å². The molecular formula is C13H9ClFNO3. The van der Waals surface area contributed by atoms with Gasteiger partial charge in [-0.2, -0.15) is 0 Å². The molecule has 6 heteroatoms. The maximum Gasteiger partial charge on any atom is 0.354 e. The van der Waals surface area contributed by atoms with E-state index >= 15 is 0 Å². The summed E-state index contributed by atoms with van der Waals surface area (Å²) in [7, 11) is 0. The Kier molecular flexibility index (Phi) is 3.97. The van der Waals surface area contributed by atoms with Crippen LogP contribution in [-0.2, 0) is 6.61 Å². The molecule has 1 heterocycles. The number of nitrogens with zero attached hydrogens (tertiary/aromatic N) is 1. The Bertz CT molecular complexity index is 601. The first-order valence-corrected chi connectivity index (χ1v) is 5.71. The summed E-state index contributed by atoms with van der Waals surface area (Å²) in [6.45, 7) is 0.0741. The summed E-state index contributed by atoms with van der Waals surface area (Å²) in [5, 5.41) is 8.70. The third kappa shape index (κ3) is 3.20. The number of halogens is 2. The number of aromatic carboxylic acids is 1. The average molecular weight is 282 g/mol. The van der Waals surface area contributed by atoms with Gasteiger partial charge >= 0.3 is 5.97 Å². The summed E-state index contributed by atoms with van der Waals surface area (Å²) in [5.41, 5.74) is 0.431. The zero-order valence-electron chi connectivity index (χ0n) is 9.64. The Morgan fingerprint density at radius 1 is 1.37 bits per heavy atom. The van der Waals surface area contributed by atoms with Gasteiger partial charge in [0.05, 0.1) is 11.2 Å². The number of hydrogen-bond donors (Lipinski definition) is 1. The molecule has 19 heavy (non-hydrogen) atoms. The van der Waals surface area contributed by atoms with Crippen molar-refractivity contribution >= 4 is 17.6 Å². The number of rotatable bonds is 4. The molecule has 2 rings (SSSR count). The highest BCUT2D eigenvalue weighted by Crippen LogP contribution is 2.21. The number of carboxylic acid groups (broad SMARTS) is 1. The maximum absolute atomic E-state index is 13.2. The highest BCUT2D eigenvalue weighted by atomic mass is 35.5. The Morgan fingerprint density at radius 2 is 2.16 bits per heavy atom. The highest BCUT2D eigenvalue weighted by molar-refractivity contribution is 6.31. The summed E-state index contributed by atoms with van der Waals surface area (Å²) >= 11 is 5.78. The van der Waals surface area contributed by atoms with Gasteiger partial charge in [-0.3, -0.25) is 0 Å². The summed E-state index contributed by atoms with van der Waals surface area (Å²) < 4.78 is 18.5. The zero-order valence-corrected chi connectivity index (χ0v) is 10.4. The van der Waals surface area contributed by atoms with E-state index in [9.17, 15) is 9.18 Å². The first-order chi connectivity index (χ1) is 9.08. The Hall–Kier alpha value is -2.14. The van der Waals surface area contributed by atoms with Crippen molar-refractivity contribution < 1.29 is 19.0 Å². The van der Waals surface area contributed by atoms with Crippen LogP contribution in [0, 0.1) is 5.82 Å². The van der Waals surface area contributed by atoms with Crippen LogP contribution in [0.3, 0.4) is 0 Å². The van der Waals surface area contributed by atoms with Crippen LogP contribution in [0.25, 0.3) is 0 Å². The molecule has 0 aliphatic carbocycles. The molecule has 0 saturated heterocycles. The van der Waals surface area contributed by atoms with E-state index in [1.807, 2.05) is 0 Å². The smallest absolute Gasteiger partial charge is 0.354 e. The van der Waals surface area contributed by atoms with Gasteiger partial charge < -0.3 is 9.84 Å². The minimum Gasteiger partial charge on any atom is -0.487 e. The van der Waals surface area contributed by atoms with E-state index in [2.05, 4.69) is 4.98 Å². The van der Waals surface area contributed by atoms with Gasteiger partial charge in [0.15, 0.2) is 0 Å². The van der Waals surface area contributed by atoms with Crippen molar-refractivity contribution in [3.63, 3.8) is 0 Å². The van der Waals surface area contributed by atoms with Gasteiger partial charge in [0.25, 0.3) is 0 Å². The van der Waals surface area contributed by atoms with Crippen LogP contribution in [0.1, 0.15) is 16.1 Å². The van der Waals surface area contributed by atoms with Crippen LogP contribution >= 0.6 is 11.6 Å². The quantitative estimate of drug-likeness (QED) is 0.935. The summed E-state index contributed by atoms with van der Waals surface area (Å²) in [6, 6.07) is 7.24. The molecule has 0 aliphatic heterocycles. The number of ether oxygens (including phenoxy) is 1. The summed E-state index contributed by atoms with van der Waals surface area (Å²) in [4.78, 5) is 14.3. The Labute approximate surface area is 113 Å². The van der Waals surface area contributed by atoms with Crippen molar-refractivity contribution in [3.8, 4) is 5.75 Å². The lowest BCUT2D eigenvalue weighted by atomic mass is 10.2. The minimum absolute atomic E-state index is 0.0117. The molecule has 4 nitrogen and oxygen atoms in total. The van der Waals surface area contributed by atoms with Crippen molar-refractivity contribution in [2.75, 3.05) is 0 Å². The number of carbonyl (C=O) groups is 1. The second kappa shape index (κ2) is 5.67. The third-order valence-corrected chi connectivity index (χ3v) is 2.80. The van der Waals surface area contributed by atoms with Crippen molar-refractivity contribution in [2.24, 2.45) is 0 Å². The molecule has 0 spiro atoms. The number of aromatic nitrogens is 1. The molecule has 0 amide bonds. The standard InChI is InChI=1S/C13H9ClFNO3/c14-12-8(2-1-3-10(12)15)7-19-9-4-5-11(13(17)18)16-6-9/h1-6H,7H2,(H,17,18). The fraction of sp³-hybridized carbons (Fsp3) is 0.0769. The average Bonchev–Trinajstić information content (AvgIpc) is 2.41. The molecule has 0 bridgehead atoms. The van der Waals surface area contributed by atoms with E-state index in [-0.39, 0.29) is 17.3 Å². The minimum atomic E-state index is -1.11. The molecule has 1 aromatic carbocycles. The lowest BCUT2D eigenvalue weighted by molar-refractivity contribution is 0.0690. The molecule has 0 unspecified atom stereocenters. The first-order valence-electron chi connectivity index (χ1n) is 5.33. The first kappa shape index (κ1) is 13.3. The zero-order chi connectivity index (χ0) is 13.8. The number of hydrogen-bond acceptors (Lipinski definition) is 3. The predicted octanol–water partition coefficient (Wildman–Crippen LogP) is 3.15. The van der Waals surface area contributed by atoms with E-state index in [1.54, 1.807) is 6.07 Å². The van der Waals surface area contributed by atoms with Crippen LogP contribution in [0.15, 0.2) is 36.5 Å². The second-order valence-electron chi connectivity index (χ2n) is 3.69. The molecule has 0 saturated carbocycles. The molecule has 0 atom stereocenters. The van der Waals surface area contributed by atoms with Crippen molar-refractivity contribution in [1.29, 1.82) is 0 Å². The van der Waals surface area contributed by atoms with Crippen LogP contribution < -0.4 is 4.74 Å². The van der Waals surface area contributed by atoms with Crippen molar-refractivity contribution in [3.05, 3.63) is 58.6 Å². The fourth-order valence-electron chi connectivity index (χ4n) is 1.41. The largest absolute Gasteiger partial charge is 0.487 e. The topological polar surface area (TPSA) is 59.4 Å². The fourth-order valence-corrected chi connectivity index (χ4v) is 1.59. The molecule has 1 N–H and O–H groups in total. The monoisotopic (exact) mass is 281 g/mol. The molecule has 2 aromatic rings. The van der Waals surface area contributed by atoms with Crippen LogP contribution in [0.5, 0.6) is 5.75 Å². The molecule has 0 fully saturated rings. The van der Waals surface area contributed by atoms with Crippen molar-refractivity contribution in [2.45, 2.75) is 6.61 Å². The van der Waals surface area contributed by atoms with E-state index in [4.69, 9.17) is 21.4 Å². The third-order valence-electron chi connectivity index (χ3n) is 2.38. The number of carboxylic acids is 1. The molecule has 0 radical (unpaired) electrons. The van der Waals surface area contributed by atoms with E-state index in [0.717, 1.165) is 0 Å². The van der Waals surface area contributed by atoms with Gasteiger partial charge in [0.2, 0.25) is 0 Å². The number of pyridine rings is 1. The van der Waals surface area contributed by atoms with E-state index in [1.165, 1.54) is 30.5 Å². The lowest BCUT2D eigenvalue weighted by Gasteiger charge is -2.08. The van der Waals surface area contributed by atoms with Gasteiger partial charge in [0.1, 0.15) is 23.9 Å². The number of benzene rings is 1. The van der Waals surface area contributed by atoms with Gasteiger partial charge in [-0.15, -0.1) is 0 Å². The van der Waals surface area contributed by atoms with E-state index in [0.29, 0.717) is 11.3 Å². The highest BCUT2D eigenvalue weighted by Gasteiger charge is 2.07. The summed E-state index contributed by atoms with van der Waals surface area (Å²) in [5.74, 6) is -1.24. The lowest BCUT2D eigenvalue weighted by Crippen LogP contribution is -2.01. The van der Waals surface area contributed by atoms with Crippen LogP contribution in [-0.4, -0.2) is 16.1 Å². The normalized spacial score (nSPS) is 10.2. The molecule has 0 aliphatic rings. The second-order valence-corrected chi connectivity index (χ2v) is 4.06. The van der Waals surface area contributed by atoms with Crippen LogP contribution in [0.2, 0.25) is 5.02 Å². The van der Waals surface area contributed by atoms with E-state index < -0.39 is 11.8 Å². The predicted molar refractivity (Wildman–Crippen MR) is 66.9 cm³/mol. The molecule has 1 aromatic heterocycles. The Balaban J connectivity index is 2.06. The molecular weight excluding hydrogens is 273 g/mol.